The molecule has 0 bridgehead atoms. The lowest BCUT2D eigenvalue weighted by Gasteiger charge is -2.36. The number of hydrogen-bond donors (Lipinski definition) is 1. The van der Waals surface area contributed by atoms with E-state index in [4.69, 9.17) is 4.74 Å². The smallest absolute Gasteiger partial charge is 0.235 e. The Morgan fingerprint density at radius 1 is 1.07 bits per heavy atom. The lowest BCUT2D eigenvalue weighted by atomic mass is 9.73. The molecule has 2 aromatic carbocycles. The molecule has 0 spiro atoms. The van der Waals surface area contributed by atoms with E-state index in [9.17, 15) is 4.79 Å². The fourth-order valence-electron chi connectivity index (χ4n) is 4.25. The number of carbonyl (C=O) groups is 1. The van der Waals surface area contributed by atoms with E-state index in [0.717, 1.165) is 35.1 Å². The van der Waals surface area contributed by atoms with Gasteiger partial charge >= 0.3 is 0 Å². The number of rotatable bonds is 4. The fourth-order valence-corrected chi connectivity index (χ4v) is 5.21. The SMILES string of the molecule is O=C(Nc1ccc(C2=CSC3=NCCN23)cc1)C1(c2ccccc2)CCOCC1. The van der Waals surface area contributed by atoms with Gasteiger partial charge in [0.05, 0.1) is 17.7 Å². The molecule has 0 radical (unpaired) electrons. The van der Waals surface area contributed by atoms with E-state index in [-0.39, 0.29) is 5.91 Å². The third-order valence-corrected chi connectivity index (χ3v) is 6.82. The molecule has 5 rings (SSSR count). The highest BCUT2D eigenvalue weighted by molar-refractivity contribution is 8.16. The summed E-state index contributed by atoms with van der Waals surface area (Å²) >= 11 is 1.68. The van der Waals surface area contributed by atoms with Crippen molar-refractivity contribution in [2.75, 3.05) is 31.6 Å². The lowest BCUT2D eigenvalue weighted by molar-refractivity contribution is -0.125. The van der Waals surface area contributed by atoms with Gasteiger partial charge in [-0.2, -0.15) is 0 Å². The molecule has 0 saturated carbocycles. The van der Waals surface area contributed by atoms with Crippen molar-refractivity contribution in [1.29, 1.82) is 0 Å². The first-order chi connectivity index (χ1) is 14.3. The standard InChI is InChI=1S/C23H23N3O2S/c27-21(23(10-14-28-15-11-23)18-4-2-1-3-5-18)25-19-8-6-17(7-9-19)20-16-29-22-24-12-13-26(20)22/h1-9,16H,10-15H2,(H,25,27). The van der Waals surface area contributed by atoms with Crippen LogP contribution in [0.15, 0.2) is 65.0 Å². The molecule has 0 atom stereocenters. The fraction of sp³-hybridized carbons (Fsp3) is 0.304. The summed E-state index contributed by atoms with van der Waals surface area (Å²) in [4.78, 5) is 20.1. The maximum Gasteiger partial charge on any atom is 0.235 e. The van der Waals surface area contributed by atoms with Gasteiger partial charge in [0.1, 0.15) is 0 Å². The van der Waals surface area contributed by atoms with Gasteiger partial charge in [-0.1, -0.05) is 54.2 Å². The first-order valence-corrected chi connectivity index (χ1v) is 10.9. The first kappa shape index (κ1) is 18.5. The van der Waals surface area contributed by atoms with Crippen LogP contribution >= 0.6 is 11.8 Å². The predicted molar refractivity (Wildman–Crippen MR) is 118 cm³/mol. The maximum absolute atomic E-state index is 13.4. The summed E-state index contributed by atoms with van der Waals surface area (Å²) in [6.07, 6.45) is 1.39. The van der Waals surface area contributed by atoms with Crippen molar-refractivity contribution in [2.45, 2.75) is 18.3 Å². The number of aliphatic imine (C=N–C) groups is 1. The number of nitrogens with zero attached hydrogens (tertiary/aromatic N) is 2. The van der Waals surface area contributed by atoms with Crippen molar-refractivity contribution < 1.29 is 9.53 Å². The zero-order valence-corrected chi connectivity index (χ0v) is 17.0. The average molecular weight is 406 g/mol. The topological polar surface area (TPSA) is 53.9 Å². The number of amidine groups is 1. The Hall–Kier alpha value is -2.57. The Labute approximate surface area is 174 Å². The van der Waals surface area contributed by atoms with E-state index in [1.54, 1.807) is 11.8 Å². The molecule has 3 aliphatic heterocycles. The summed E-state index contributed by atoms with van der Waals surface area (Å²) in [6, 6.07) is 18.2. The Bertz CT molecular complexity index is 963. The number of ether oxygens (including phenoxy) is 1. The van der Waals surface area contributed by atoms with Gasteiger partial charge in [-0.3, -0.25) is 9.79 Å². The first-order valence-electron chi connectivity index (χ1n) is 10.0. The van der Waals surface area contributed by atoms with Crippen LogP contribution in [0, 0.1) is 0 Å². The molecule has 5 nitrogen and oxygen atoms in total. The summed E-state index contributed by atoms with van der Waals surface area (Å²) in [7, 11) is 0. The minimum absolute atomic E-state index is 0.0457. The molecule has 0 aromatic heterocycles. The summed E-state index contributed by atoms with van der Waals surface area (Å²) in [6.45, 7) is 3.01. The molecular formula is C23H23N3O2S. The van der Waals surface area contributed by atoms with Crippen molar-refractivity contribution in [2.24, 2.45) is 4.99 Å². The van der Waals surface area contributed by atoms with Gasteiger partial charge in [0.15, 0.2) is 5.17 Å². The van der Waals surface area contributed by atoms with Crippen LogP contribution < -0.4 is 5.32 Å². The third kappa shape index (κ3) is 3.36. The number of anilines is 1. The molecular weight excluding hydrogens is 382 g/mol. The van der Waals surface area contributed by atoms with Gasteiger partial charge in [-0.15, -0.1) is 0 Å². The highest BCUT2D eigenvalue weighted by atomic mass is 32.2. The van der Waals surface area contributed by atoms with E-state index in [0.29, 0.717) is 26.1 Å². The predicted octanol–water partition coefficient (Wildman–Crippen LogP) is 4.09. The number of nitrogens with one attached hydrogen (secondary N) is 1. The number of carbonyl (C=O) groups excluding carboxylic acids is 1. The number of hydrogen-bond acceptors (Lipinski definition) is 5. The van der Waals surface area contributed by atoms with Crippen molar-refractivity contribution in [3.8, 4) is 0 Å². The van der Waals surface area contributed by atoms with Gasteiger partial charge in [0.25, 0.3) is 0 Å². The Kier molecular flexibility index (Phi) is 4.89. The minimum Gasteiger partial charge on any atom is -0.381 e. The maximum atomic E-state index is 13.4. The molecule has 148 valence electrons. The second-order valence-electron chi connectivity index (χ2n) is 7.53. The van der Waals surface area contributed by atoms with E-state index in [1.165, 1.54) is 5.70 Å². The number of benzene rings is 2. The third-order valence-electron chi connectivity index (χ3n) is 5.91. The highest BCUT2D eigenvalue weighted by Crippen LogP contribution is 2.37. The monoisotopic (exact) mass is 405 g/mol. The van der Waals surface area contributed by atoms with Crippen LogP contribution in [0.25, 0.3) is 5.70 Å². The van der Waals surface area contributed by atoms with E-state index in [2.05, 4.69) is 32.7 Å². The van der Waals surface area contributed by atoms with Crippen molar-refractivity contribution in [3.05, 3.63) is 71.1 Å². The van der Waals surface area contributed by atoms with Gasteiger partial charge in [0.2, 0.25) is 5.91 Å². The number of amides is 1. The van der Waals surface area contributed by atoms with Crippen LogP contribution in [0.4, 0.5) is 5.69 Å². The molecule has 3 aliphatic rings. The van der Waals surface area contributed by atoms with Crippen LogP contribution in [0.3, 0.4) is 0 Å². The number of thioether (sulfide) groups is 1. The zero-order chi connectivity index (χ0) is 19.7. The molecule has 3 heterocycles. The summed E-state index contributed by atoms with van der Waals surface area (Å²) < 4.78 is 5.55. The quantitative estimate of drug-likeness (QED) is 0.832. The van der Waals surface area contributed by atoms with Gasteiger partial charge in [-0.05, 0) is 36.1 Å². The van der Waals surface area contributed by atoms with Gasteiger partial charge in [-0.25, -0.2) is 0 Å². The second kappa shape index (κ2) is 7.69. The highest BCUT2D eigenvalue weighted by Gasteiger charge is 2.41. The van der Waals surface area contributed by atoms with Gasteiger partial charge in [0, 0.05) is 30.9 Å². The zero-order valence-electron chi connectivity index (χ0n) is 16.1. The largest absolute Gasteiger partial charge is 0.381 e. The molecule has 0 aliphatic carbocycles. The normalized spacial score (nSPS) is 20.1. The summed E-state index contributed by atoms with van der Waals surface area (Å²) in [5, 5.41) is 6.39. The van der Waals surface area contributed by atoms with Crippen molar-refractivity contribution >= 4 is 34.2 Å². The van der Waals surface area contributed by atoms with E-state index in [1.807, 2.05) is 42.5 Å². The lowest BCUT2D eigenvalue weighted by Crippen LogP contribution is -2.44. The Balaban J connectivity index is 1.35. The molecule has 1 amide bonds. The molecule has 1 N–H and O–H groups in total. The van der Waals surface area contributed by atoms with Crippen molar-refractivity contribution in [3.63, 3.8) is 0 Å². The summed E-state index contributed by atoms with van der Waals surface area (Å²) in [5.41, 5.74) is 3.68. The van der Waals surface area contributed by atoms with Crippen LogP contribution in [0.1, 0.15) is 24.0 Å². The molecule has 1 fully saturated rings. The van der Waals surface area contributed by atoms with Crippen LogP contribution in [0.5, 0.6) is 0 Å². The van der Waals surface area contributed by atoms with Gasteiger partial charge < -0.3 is 15.0 Å². The Morgan fingerprint density at radius 2 is 1.83 bits per heavy atom. The van der Waals surface area contributed by atoms with E-state index >= 15 is 0 Å². The Morgan fingerprint density at radius 3 is 2.59 bits per heavy atom. The van der Waals surface area contributed by atoms with E-state index < -0.39 is 5.41 Å². The summed E-state index contributed by atoms with van der Waals surface area (Å²) in [5.74, 6) is 0.0457. The van der Waals surface area contributed by atoms with Crippen LogP contribution in [-0.2, 0) is 14.9 Å². The minimum atomic E-state index is -0.538. The van der Waals surface area contributed by atoms with Crippen LogP contribution in [0.2, 0.25) is 0 Å². The number of fused-ring (bicyclic) bond motifs is 1. The molecule has 2 aromatic rings. The molecule has 29 heavy (non-hydrogen) atoms. The van der Waals surface area contributed by atoms with Crippen molar-refractivity contribution in [1.82, 2.24) is 4.90 Å². The molecule has 1 saturated heterocycles. The van der Waals surface area contributed by atoms with Crippen LogP contribution in [-0.4, -0.2) is 42.3 Å². The molecule has 6 heteroatoms. The second-order valence-corrected chi connectivity index (χ2v) is 8.37. The average Bonchev–Trinajstić information content (AvgIpc) is 3.40. The molecule has 0 unspecified atom stereocenters.